The van der Waals surface area contributed by atoms with Crippen LogP contribution in [0.15, 0.2) is 24.5 Å². The Morgan fingerprint density at radius 1 is 1.25 bits per heavy atom. The number of hydrogen-bond donors (Lipinski definition) is 0. The maximum absolute atomic E-state index is 13.0. The number of aromatic nitrogens is 2. The fourth-order valence-electron chi connectivity index (χ4n) is 0.986. The predicted octanol–water partition coefficient (Wildman–Crippen LogP) is 2.42. The first kappa shape index (κ1) is 7.43. The lowest BCUT2D eigenvalue weighted by molar-refractivity contribution is 0.631. The van der Waals surface area contributed by atoms with E-state index in [0.717, 1.165) is 6.20 Å². The molecule has 4 heteroatoms. The molecule has 0 saturated heterocycles. The predicted molar refractivity (Wildman–Crippen MR) is 44.5 cm³/mol. The van der Waals surface area contributed by atoms with Crippen molar-refractivity contribution in [2.24, 2.45) is 0 Å². The van der Waals surface area contributed by atoms with E-state index in [1.54, 1.807) is 18.3 Å². The van der Waals surface area contributed by atoms with Crippen molar-refractivity contribution in [1.29, 1.82) is 0 Å². The number of pyridine rings is 2. The van der Waals surface area contributed by atoms with Gasteiger partial charge in [0.2, 0.25) is 0 Å². The highest BCUT2D eigenvalue weighted by Gasteiger charge is 2.01. The van der Waals surface area contributed by atoms with Crippen LogP contribution in [0, 0.1) is 5.82 Å². The molecule has 2 aromatic rings. The van der Waals surface area contributed by atoms with Gasteiger partial charge in [-0.05, 0) is 12.1 Å². The molecule has 0 fully saturated rings. The van der Waals surface area contributed by atoms with E-state index in [9.17, 15) is 4.39 Å². The first-order valence-corrected chi connectivity index (χ1v) is 3.71. The van der Waals surface area contributed by atoms with E-state index in [2.05, 4.69) is 9.97 Å². The van der Waals surface area contributed by atoms with Gasteiger partial charge in [-0.3, -0.25) is 4.98 Å². The lowest BCUT2D eigenvalue weighted by Gasteiger charge is -1.96. The van der Waals surface area contributed by atoms with Crippen molar-refractivity contribution in [3.8, 4) is 0 Å². The molecule has 0 N–H and O–H groups in total. The van der Waals surface area contributed by atoms with Crippen LogP contribution in [0.4, 0.5) is 4.39 Å². The SMILES string of the molecule is Fc1cncc2ccc(Cl)nc12. The van der Waals surface area contributed by atoms with Crippen LogP contribution in [0.5, 0.6) is 0 Å². The number of fused-ring (bicyclic) bond motifs is 1. The normalized spacial score (nSPS) is 10.5. The molecular weight excluding hydrogens is 179 g/mol. The molecular formula is C8H4ClFN2. The first-order chi connectivity index (χ1) is 5.77. The second-order valence-electron chi connectivity index (χ2n) is 2.33. The van der Waals surface area contributed by atoms with Gasteiger partial charge in [-0.2, -0.15) is 0 Å². The molecule has 0 aliphatic heterocycles. The Morgan fingerprint density at radius 2 is 2.08 bits per heavy atom. The van der Waals surface area contributed by atoms with Crippen molar-refractivity contribution in [3.63, 3.8) is 0 Å². The third kappa shape index (κ3) is 1.12. The summed E-state index contributed by atoms with van der Waals surface area (Å²) < 4.78 is 13.0. The highest BCUT2D eigenvalue weighted by molar-refractivity contribution is 6.29. The summed E-state index contributed by atoms with van der Waals surface area (Å²) in [6.45, 7) is 0. The molecule has 0 amide bonds. The van der Waals surface area contributed by atoms with Gasteiger partial charge in [0, 0.05) is 11.6 Å². The highest BCUT2D eigenvalue weighted by Crippen LogP contribution is 2.16. The van der Waals surface area contributed by atoms with Gasteiger partial charge >= 0.3 is 0 Å². The average molecular weight is 183 g/mol. The Hall–Kier alpha value is -1.22. The zero-order chi connectivity index (χ0) is 8.55. The second kappa shape index (κ2) is 2.68. The Morgan fingerprint density at radius 3 is 2.92 bits per heavy atom. The molecule has 12 heavy (non-hydrogen) atoms. The standard InChI is InChI=1S/C8H4ClFN2/c9-7-2-1-5-3-11-4-6(10)8(5)12-7/h1-4H. The van der Waals surface area contributed by atoms with Crippen LogP contribution in [-0.2, 0) is 0 Å². The van der Waals surface area contributed by atoms with E-state index >= 15 is 0 Å². The minimum Gasteiger partial charge on any atom is -0.261 e. The quantitative estimate of drug-likeness (QED) is 0.585. The molecule has 2 rings (SSSR count). The van der Waals surface area contributed by atoms with E-state index in [1.165, 1.54) is 0 Å². The lowest BCUT2D eigenvalue weighted by Crippen LogP contribution is -1.85. The van der Waals surface area contributed by atoms with Crippen molar-refractivity contribution in [2.45, 2.75) is 0 Å². The minimum atomic E-state index is -0.449. The van der Waals surface area contributed by atoms with Gasteiger partial charge in [-0.25, -0.2) is 9.37 Å². The van der Waals surface area contributed by atoms with Gasteiger partial charge < -0.3 is 0 Å². The zero-order valence-corrected chi connectivity index (χ0v) is 6.72. The topological polar surface area (TPSA) is 25.8 Å². The number of rotatable bonds is 0. The van der Waals surface area contributed by atoms with E-state index < -0.39 is 5.82 Å². The van der Waals surface area contributed by atoms with Gasteiger partial charge in [0.15, 0.2) is 5.82 Å². The van der Waals surface area contributed by atoms with E-state index in [1.807, 2.05) is 0 Å². The smallest absolute Gasteiger partial charge is 0.167 e. The molecule has 0 aliphatic rings. The third-order valence-corrected chi connectivity index (χ3v) is 1.73. The van der Waals surface area contributed by atoms with Crippen LogP contribution in [0.3, 0.4) is 0 Å². The molecule has 60 valence electrons. The fourth-order valence-corrected chi connectivity index (χ4v) is 1.13. The number of nitrogens with zero attached hydrogens (tertiary/aromatic N) is 2. The lowest BCUT2D eigenvalue weighted by atomic mass is 10.3. The van der Waals surface area contributed by atoms with Gasteiger partial charge in [-0.15, -0.1) is 0 Å². The van der Waals surface area contributed by atoms with Crippen LogP contribution in [-0.4, -0.2) is 9.97 Å². The number of hydrogen-bond acceptors (Lipinski definition) is 2. The maximum Gasteiger partial charge on any atom is 0.167 e. The molecule has 0 unspecified atom stereocenters. The summed E-state index contributed by atoms with van der Waals surface area (Å²) in [6.07, 6.45) is 2.66. The number of halogens is 2. The summed E-state index contributed by atoms with van der Waals surface area (Å²) in [5.74, 6) is -0.449. The summed E-state index contributed by atoms with van der Waals surface area (Å²) in [5.41, 5.74) is 0.262. The summed E-state index contributed by atoms with van der Waals surface area (Å²) >= 11 is 5.59. The molecule has 0 aliphatic carbocycles. The molecule has 2 heterocycles. The molecule has 0 aromatic carbocycles. The molecule has 0 spiro atoms. The van der Waals surface area contributed by atoms with Crippen molar-refractivity contribution in [2.75, 3.05) is 0 Å². The Balaban J connectivity index is 2.88. The van der Waals surface area contributed by atoms with Crippen LogP contribution in [0.25, 0.3) is 10.9 Å². The van der Waals surface area contributed by atoms with E-state index in [-0.39, 0.29) is 10.7 Å². The Bertz CT molecular complexity index is 430. The summed E-state index contributed by atoms with van der Waals surface area (Å²) in [4.78, 5) is 7.51. The molecule has 0 atom stereocenters. The van der Waals surface area contributed by atoms with Crippen molar-refractivity contribution in [3.05, 3.63) is 35.5 Å². The van der Waals surface area contributed by atoms with Crippen LogP contribution < -0.4 is 0 Å². The molecule has 2 nitrogen and oxygen atoms in total. The Labute approximate surface area is 73.0 Å². The molecule has 0 saturated carbocycles. The zero-order valence-electron chi connectivity index (χ0n) is 5.96. The fraction of sp³-hybridized carbons (Fsp3) is 0. The van der Waals surface area contributed by atoms with Crippen molar-refractivity contribution >= 4 is 22.5 Å². The summed E-state index contributed by atoms with van der Waals surface area (Å²) in [5, 5.41) is 0.937. The molecule has 2 aromatic heterocycles. The van der Waals surface area contributed by atoms with Gasteiger partial charge in [0.1, 0.15) is 10.7 Å². The second-order valence-corrected chi connectivity index (χ2v) is 2.71. The maximum atomic E-state index is 13.0. The van der Waals surface area contributed by atoms with Gasteiger partial charge in [-0.1, -0.05) is 11.6 Å². The molecule has 0 bridgehead atoms. The summed E-state index contributed by atoms with van der Waals surface area (Å²) in [6, 6.07) is 3.28. The first-order valence-electron chi connectivity index (χ1n) is 3.33. The molecule has 0 radical (unpaired) electrons. The van der Waals surface area contributed by atoms with E-state index in [0.29, 0.717) is 5.39 Å². The van der Waals surface area contributed by atoms with Crippen LogP contribution in [0.1, 0.15) is 0 Å². The minimum absolute atomic E-state index is 0.262. The third-order valence-electron chi connectivity index (χ3n) is 1.52. The van der Waals surface area contributed by atoms with Gasteiger partial charge in [0.05, 0.1) is 6.20 Å². The van der Waals surface area contributed by atoms with Crippen molar-refractivity contribution < 1.29 is 4.39 Å². The Kier molecular flexibility index (Phi) is 1.66. The van der Waals surface area contributed by atoms with Gasteiger partial charge in [0.25, 0.3) is 0 Å². The van der Waals surface area contributed by atoms with Crippen LogP contribution >= 0.6 is 11.6 Å². The van der Waals surface area contributed by atoms with Crippen LogP contribution in [0.2, 0.25) is 5.15 Å². The monoisotopic (exact) mass is 182 g/mol. The highest BCUT2D eigenvalue weighted by atomic mass is 35.5. The summed E-state index contributed by atoms with van der Waals surface area (Å²) in [7, 11) is 0. The largest absolute Gasteiger partial charge is 0.261 e. The average Bonchev–Trinajstić information content (AvgIpc) is 2.07. The van der Waals surface area contributed by atoms with Crippen molar-refractivity contribution in [1.82, 2.24) is 9.97 Å². The van der Waals surface area contributed by atoms with E-state index in [4.69, 9.17) is 11.6 Å².